The van der Waals surface area contributed by atoms with Crippen LogP contribution in [0.15, 0.2) is 71.5 Å². The third kappa shape index (κ3) is 2.54. The summed E-state index contributed by atoms with van der Waals surface area (Å²) in [6.07, 6.45) is 1.85. The molecular formula is C23H21NO. The van der Waals surface area contributed by atoms with Gasteiger partial charge >= 0.3 is 0 Å². The molecule has 0 fully saturated rings. The summed E-state index contributed by atoms with van der Waals surface area (Å²) in [5.41, 5.74) is 5.51. The quantitative estimate of drug-likeness (QED) is 0.470. The zero-order chi connectivity index (χ0) is 17.4. The van der Waals surface area contributed by atoms with Crippen molar-refractivity contribution in [2.75, 3.05) is 0 Å². The lowest BCUT2D eigenvalue weighted by Gasteiger charge is -2.16. The van der Waals surface area contributed by atoms with E-state index in [9.17, 15) is 4.79 Å². The summed E-state index contributed by atoms with van der Waals surface area (Å²) in [6.45, 7) is 4.24. The first kappa shape index (κ1) is 15.6. The third-order valence-corrected chi connectivity index (χ3v) is 4.92. The molecular weight excluding hydrogens is 306 g/mol. The Balaban J connectivity index is 2.23. The van der Waals surface area contributed by atoms with Gasteiger partial charge in [0.25, 0.3) is 0 Å². The van der Waals surface area contributed by atoms with Gasteiger partial charge in [-0.05, 0) is 60.4 Å². The molecule has 4 aromatic rings. The third-order valence-electron chi connectivity index (χ3n) is 4.92. The summed E-state index contributed by atoms with van der Waals surface area (Å²) in [5, 5.41) is 1.59. The largest absolute Gasteiger partial charge is 0.309 e. The molecule has 0 saturated carbocycles. The molecule has 2 nitrogen and oxygen atoms in total. The highest BCUT2D eigenvalue weighted by molar-refractivity contribution is 5.95. The van der Waals surface area contributed by atoms with E-state index in [2.05, 4.69) is 66.9 Å². The Labute approximate surface area is 147 Å². The standard InChI is InChI=1S/C23H21NO/c1-3-16-10-12-21-19(14-16)23(25)20-15-17(4-2)11-13-22(20)24(21)18-8-6-5-7-9-18/h5-15H,3-4H2,1-2H3. The molecule has 0 aliphatic heterocycles. The number of nitrogens with zero attached hydrogens (tertiary/aromatic N) is 1. The van der Waals surface area contributed by atoms with Crippen LogP contribution in [0.3, 0.4) is 0 Å². The summed E-state index contributed by atoms with van der Waals surface area (Å²) in [7, 11) is 0. The number of pyridine rings is 1. The van der Waals surface area contributed by atoms with Gasteiger partial charge in [-0.2, -0.15) is 0 Å². The highest BCUT2D eigenvalue weighted by atomic mass is 16.1. The Hall–Kier alpha value is -2.87. The predicted octanol–water partition coefficient (Wildman–Crippen LogP) is 5.27. The Kier molecular flexibility index (Phi) is 3.89. The van der Waals surface area contributed by atoms with Crippen LogP contribution in [0.5, 0.6) is 0 Å². The topological polar surface area (TPSA) is 22.0 Å². The van der Waals surface area contributed by atoms with Crippen molar-refractivity contribution in [2.24, 2.45) is 0 Å². The molecule has 1 aromatic heterocycles. The zero-order valence-corrected chi connectivity index (χ0v) is 14.6. The first-order valence-corrected chi connectivity index (χ1v) is 8.88. The maximum Gasteiger partial charge on any atom is 0.197 e. The van der Waals surface area contributed by atoms with Crippen molar-refractivity contribution in [3.8, 4) is 5.69 Å². The molecule has 0 unspecified atom stereocenters. The second-order valence-electron chi connectivity index (χ2n) is 6.41. The van der Waals surface area contributed by atoms with Crippen LogP contribution < -0.4 is 5.43 Å². The highest BCUT2D eigenvalue weighted by Gasteiger charge is 2.13. The minimum Gasteiger partial charge on any atom is -0.309 e. The number of hydrogen-bond acceptors (Lipinski definition) is 1. The highest BCUT2D eigenvalue weighted by Crippen LogP contribution is 2.25. The number of benzene rings is 3. The molecule has 0 atom stereocenters. The first-order chi connectivity index (χ1) is 12.2. The van der Waals surface area contributed by atoms with Crippen LogP contribution in [0, 0.1) is 0 Å². The molecule has 0 aliphatic carbocycles. The Morgan fingerprint density at radius 2 is 1.24 bits per heavy atom. The molecule has 2 heteroatoms. The minimum atomic E-state index is 0.128. The molecule has 0 bridgehead atoms. The fraction of sp³-hybridized carbons (Fsp3) is 0.174. The lowest BCUT2D eigenvalue weighted by atomic mass is 10.0. The fourth-order valence-corrected chi connectivity index (χ4v) is 3.49. The summed E-state index contributed by atoms with van der Waals surface area (Å²) >= 11 is 0. The van der Waals surface area contributed by atoms with E-state index in [0.717, 1.165) is 40.3 Å². The molecule has 0 N–H and O–H groups in total. The average molecular weight is 327 g/mol. The van der Waals surface area contributed by atoms with Crippen LogP contribution in [-0.4, -0.2) is 4.57 Å². The monoisotopic (exact) mass is 327 g/mol. The van der Waals surface area contributed by atoms with Crippen LogP contribution >= 0.6 is 0 Å². The number of para-hydroxylation sites is 1. The number of aryl methyl sites for hydroxylation is 2. The van der Waals surface area contributed by atoms with E-state index in [-0.39, 0.29) is 5.43 Å². The van der Waals surface area contributed by atoms with Crippen LogP contribution in [0.1, 0.15) is 25.0 Å². The van der Waals surface area contributed by atoms with Gasteiger partial charge in [0.05, 0.1) is 11.0 Å². The van der Waals surface area contributed by atoms with Gasteiger partial charge in [0.1, 0.15) is 0 Å². The van der Waals surface area contributed by atoms with Gasteiger partial charge in [-0.15, -0.1) is 0 Å². The molecule has 0 aliphatic rings. The van der Waals surface area contributed by atoms with Gasteiger partial charge in [-0.25, -0.2) is 0 Å². The van der Waals surface area contributed by atoms with Gasteiger partial charge in [-0.3, -0.25) is 4.79 Å². The van der Waals surface area contributed by atoms with Gasteiger partial charge in [-0.1, -0.05) is 44.2 Å². The molecule has 0 spiro atoms. The second kappa shape index (κ2) is 6.21. The summed E-state index contributed by atoms with van der Waals surface area (Å²) in [4.78, 5) is 13.2. The van der Waals surface area contributed by atoms with Crippen molar-refractivity contribution in [1.82, 2.24) is 4.57 Å². The molecule has 124 valence electrons. The zero-order valence-electron chi connectivity index (χ0n) is 14.6. The number of fused-ring (bicyclic) bond motifs is 2. The normalized spacial score (nSPS) is 11.3. The van der Waals surface area contributed by atoms with E-state index in [1.165, 1.54) is 11.1 Å². The molecule has 0 radical (unpaired) electrons. The molecule has 4 rings (SSSR count). The number of rotatable bonds is 3. The van der Waals surface area contributed by atoms with Crippen molar-refractivity contribution >= 4 is 21.8 Å². The van der Waals surface area contributed by atoms with Crippen LogP contribution in [-0.2, 0) is 12.8 Å². The number of aromatic nitrogens is 1. The SMILES string of the molecule is CCc1ccc2c(c1)c(=O)c1cc(CC)ccc1n2-c1ccccc1. The molecule has 0 saturated heterocycles. The smallest absolute Gasteiger partial charge is 0.197 e. The van der Waals surface area contributed by atoms with Gasteiger partial charge in [0.15, 0.2) is 5.43 Å². The summed E-state index contributed by atoms with van der Waals surface area (Å²) < 4.78 is 2.20. The second-order valence-corrected chi connectivity index (χ2v) is 6.41. The van der Waals surface area contributed by atoms with Gasteiger partial charge < -0.3 is 4.57 Å². The van der Waals surface area contributed by atoms with Crippen LogP contribution in [0.4, 0.5) is 0 Å². The van der Waals surface area contributed by atoms with E-state index >= 15 is 0 Å². The Morgan fingerprint density at radius 1 is 0.720 bits per heavy atom. The maximum absolute atomic E-state index is 13.2. The van der Waals surface area contributed by atoms with Crippen molar-refractivity contribution < 1.29 is 0 Å². The summed E-state index contributed by atoms with van der Waals surface area (Å²) in [6, 6.07) is 22.8. The van der Waals surface area contributed by atoms with Gasteiger partial charge in [0, 0.05) is 16.5 Å². The Bertz CT molecular complexity index is 1060. The molecule has 0 amide bonds. The van der Waals surface area contributed by atoms with Crippen LogP contribution in [0.25, 0.3) is 27.5 Å². The summed E-state index contributed by atoms with van der Waals surface area (Å²) in [5.74, 6) is 0. The van der Waals surface area contributed by atoms with E-state index in [1.807, 2.05) is 18.2 Å². The predicted molar refractivity (Wildman–Crippen MR) is 106 cm³/mol. The lowest BCUT2D eigenvalue weighted by Crippen LogP contribution is -2.11. The van der Waals surface area contributed by atoms with E-state index < -0.39 is 0 Å². The fourth-order valence-electron chi connectivity index (χ4n) is 3.49. The molecule has 1 heterocycles. The van der Waals surface area contributed by atoms with E-state index in [4.69, 9.17) is 0 Å². The van der Waals surface area contributed by atoms with E-state index in [0.29, 0.717) is 0 Å². The van der Waals surface area contributed by atoms with Crippen LogP contribution in [0.2, 0.25) is 0 Å². The lowest BCUT2D eigenvalue weighted by molar-refractivity contribution is 1.12. The van der Waals surface area contributed by atoms with Gasteiger partial charge in [0.2, 0.25) is 0 Å². The first-order valence-electron chi connectivity index (χ1n) is 8.88. The van der Waals surface area contributed by atoms with Crippen molar-refractivity contribution in [1.29, 1.82) is 0 Å². The van der Waals surface area contributed by atoms with Crippen molar-refractivity contribution in [3.63, 3.8) is 0 Å². The van der Waals surface area contributed by atoms with Crippen molar-refractivity contribution in [2.45, 2.75) is 26.7 Å². The Morgan fingerprint density at radius 3 is 1.72 bits per heavy atom. The van der Waals surface area contributed by atoms with E-state index in [1.54, 1.807) is 0 Å². The average Bonchev–Trinajstić information content (AvgIpc) is 2.68. The minimum absolute atomic E-state index is 0.128. The van der Waals surface area contributed by atoms with Crippen molar-refractivity contribution in [3.05, 3.63) is 88.1 Å². The number of hydrogen-bond donors (Lipinski definition) is 0. The molecule has 25 heavy (non-hydrogen) atoms. The maximum atomic E-state index is 13.2. The molecule has 3 aromatic carbocycles.